The first-order valence-electron chi connectivity index (χ1n) is 12.1. The molecular formula is C26H32N4O2S. The number of pyridine rings is 1. The highest BCUT2D eigenvalue weighted by atomic mass is 32.1. The summed E-state index contributed by atoms with van der Waals surface area (Å²) in [6, 6.07) is 10.1. The molecule has 0 unspecified atom stereocenters. The minimum Gasteiger partial charge on any atom is -0.351 e. The molecule has 6 nitrogen and oxygen atoms in total. The Balaban J connectivity index is 1.53. The van der Waals surface area contributed by atoms with E-state index >= 15 is 0 Å². The molecule has 3 aromatic heterocycles. The molecule has 4 heterocycles. The Labute approximate surface area is 199 Å². The summed E-state index contributed by atoms with van der Waals surface area (Å²) in [4.78, 5) is 35.1. The van der Waals surface area contributed by atoms with E-state index in [0.717, 1.165) is 48.0 Å². The van der Waals surface area contributed by atoms with Gasteiger partial charge in [0.2, 0.25) is 5.91 Å². The van der Waals surface area contributed by atoms with E-state index < -0.39 is 5.54 Å². The molecule has 1 aliphatic carbocycles. The van der Waals surface area contributed by atoms with Gasteiger partial charge < -0.3 is 14.8 Å². The van der Waals surface area contributed by atoms with Crippen LogP contribution in [0.15, 0.2) is 36.5 Å². The number of amides is 2. The molecule has 0 saturated heterocycles. The van der Waals surface area contributed by atoms with Crippen LogP contribution >= 0.6 is 11.3 Å². The molecule has 1 N–H and O–H groups in total. The number of rotatable bonds is 5. The molecule has 2 aliphatic rings. The second-order valence-electron chi connectivity index (χ2n) is 9.58. The van der Waals surface area contributed by atoms with Gasteiger partial charge in [-0.25, -0.2) is 0 Å². The van der Waals surface area contributed by atoms with Gasteiger partial charge in [0.05, 0.1) is 29.0 Å². The summed E-state index contributed by atoms with van der Waals surface area (Å²) in [7, 11) is 0. The van der Waals surface area contributed by atoms with Gasteiger partial charge >= 0.3 is 0 Å². The van der Waals surface area contributed by atoms with Crippen molar-refractivity contribution in [3.63, 3.8) is 0 Å². The molecule has 1 fully saturated rings. The lowest BCUT2D eigenvalue weighted by molar-refractivity contribution is -0.134. The molecule has 5 rings (SSSR count). The highest BCUT2D eigenvalue weighted by Crippen LogP contribution is 2.37. The number of hydrogen-bond acceptors (Lipinski definition) is 4. The summed E-state index contributed by atoms with van der Waals surface area (Å²) < 4.78 is 3.18. The first-order valence-corrected chi connectivity index (χ1v) is 13.0. The molecule has 174 valence electrons. The van der Waals surface area contributed by atoms with Crippen molar-refractivity contribution in [1.82, 2.24) is 19.8 Å². The van der Waals surface area contributed by atoms with Crippen LogP contribution in [0, 0.1) is 0 Å². The molecule has 1 atom stereocenters. The summed E-state index contributed by atoms with van der Waals surface area (Å²) in [5.41, 5.74) is 1.52. The highest BCUT2D eigenvalue weighted by molar-refractivity contribution is 7.19. The Morgan fingerprint density at radius 3 is 2.70 bits per heavy atom. The summed E-state index contributed by atoms with van der Waals surface area (Å²) in [5, 5.41) is 3.33. The van der Waals surface area contributed by atoms with Crippen molar-refractivity contribution >= 4 is 33.4 Å². The fourth-order valence-electron chi connectivity index (χ4n) is 5.23. The maximum atomic E-state index is 13.8. The Bertz CT molecular complexity index is 1160. The monoisotopic (exact) mass is 464 g/mol. The van der Waals surface area contributed by atoms with Gasteiger partial charge in [-0.3, -0.25) is 14.6 Å². The van der Waals surface area contributed by atoms with Crippen LogP contribution in [0.2, 0.25) is 0 Å². The van der Waals surface area contributed by atoms with E-state index in [2.05, 4.69) is 27.9 Å². The molecule has 1 saturated carbocycles. The number of nitrogens with one attached hydrogen (secondary N) is 1. The number of carbonyl (C=O) groups is 2. The molecule has 7 heteroatoms. The molecule has 0 spiro atoms. The van der Waals surface area contributed by atoms with Crippen molar-refractivity contribution in [1.29, 1.82) is 0 Å². The zero-order valence-electron chi connectivity index (χ0n) is 19.5. The van der Waals surface area contributed by atoms with Gasteiger partial charge in [-0.2, -0.15) is 0 Å². The third-order valence-electron chi connectivity index (χ3n) is 7.24. The molecule has 1 aliphatic heterocycles. The van der Waals surface area contributed by atoms with Gasteiger partial charge in [0.15, 0.2) is 0 Å². The standard InChI is InChI=1S/C26H32N4O2S/c1-3-20-14-21-23(33-20)15-22-24(31)30(16-19-12-8-9-13-27-19)26(2,17-29(21)22)25(32)28-18-10-6-4-5-7-11-18/h8-9,12-15,18H,3-7,10-11,16-17H2,1-2H3,(H,28,32)/t26-/m0/s1. The lowest BCUT2D eigenvalue weighted by atomic mass is 9.93. The molecular weight excluding hydrogens is 432 g/mol. The smallest absolute Gasteiger partial charge is 0.271 e. The third-order valence-corrected chi connectivity index (χ3v) is 8.46. The normalized spacial score (nSPS) is 21.8. The zero-order chi connectivity index (χ0) is 23.0. The molecule has 0 aromatic carbocycles. The molecule has 2 amide bonds. The van der Waals surface area contributed by atoms with Crippen LogP contribution in [0.1, 0.15) is 73.4 Å². The Morgan fingerprint density at radius 1 is 1.21 bits per heavy atom. The topological polar surface area (TPSA) is 67.2 Å². The average Bonchev–Trinajstić information content (AvgIpc) is 3.26. The number of carbonyl (C=O) groups excluding carboxylic acids is 2. The van der Waals surface area contributed by atoms with E-state index in [1.165, 1.54) is 17.7 Å². The predicted octanol–water partition coefficient (Wildman–Crippen LogP) is 4.91. The van der Waals surface area contributed by atoms with Crippen LogP contribution in [0.3, 0.4) is 0 Å². The Hall–Kier alpha value is -2.67. The van der Waals surface area contributed by atoms with E-state index in [0.29, 0.717) is 18.8 Å². The minimum atomic E-state index is -0.992. The van der Waals surface area contributed by atoms with E-state index in [4.69, 9.17) is 0 Å². The fraction of sp³-hybridized carbons (Fsp3) is 0.500. The van der Waals surface area contributed by atoms with Crippen LogP contribution < -0.4 is 5.32 Å². The minimum absolute atomic E-state index is 0.0582. The SMILES string of the molecule is CCc1cc2c(cc3n2C[C@@](C)(C(=O)NC2CCCCCC2)N(Cc2ccccn2)C3=O)s1. The lowest BCUT2D eigenvalue weighted by Gasteiger charge is -2.44. The van der Waals surface area contributed by atoms with Crippen LogP contribution in [0.25, 0.3) is 10.2 Å². The zero-order valence-corrected chi connectivity index (χ0v) is 20.3. The number of nitrogens with zero attached hydrogens (tertiary/aromatic N) is 3. The second kappa shape index (κ2) is 8.93. The van der Waals surface area contributed by atoms with Crippen molar-refractivity contribution in [2.45, 2.75) is 83.5 Å². The molecule has 3 aromatic rings. The summed E-state index contributed by atoms with van der Waals surface area (Å²) >= 11 is 1.73. The first kappa shape index (κ1) is 22.1. The lowest BCUT2D eigenvalue weighted by Crippen LogP contribution is -2.64. The number of hydrogen-bond donors (Lipinski definition) is 1. The van der Waals surface area contributed by atoms with E-state index in [9.17, 15) is 9.59 Å². The van der Waals surface area contributed by atoms with E-state index in [1.54, 1.807) is 22.4 Å². The second-order valence-corrected chi connectivity index (χ2v) is 10.7. The molecule has 0 radical (unpaired) electrons. The number of fused-ring (bicyclic) bond motifs is 3. The van der Waals surface area contributed by atoms with Crippen molar-refractivity contribution < 1.29 is 9.59 Å². The molecule has 33 heavy (non-hydrogen) atoms. The van der Waals surface area contributed by atoms with Crippen molar-refractivity contribution in [3.05, 3.63) is 52.8 Å². The van der Waals surface area contributed by atoms with Crippen LogP contribution in [-0.2, 0) is 24.3 Å². The van der Waals surface area contributed by atoms with Gasteiger partial charge in [0.1, 0.15) is 11.2 Å². The predicted molar refractivity (Wildman–Crippen MR) is 131 cm³/mol. The average molecular weight is 465 g/mol. The fourth-order valence-corrected chi connectivity index (χ4v) is 6.27. The first-order chi connectivity index (χ1) is 16.0. The van der Waals surface area contributed by atoms with Gasteiger partial charge in [0, 0.05) is 17.1 Å². The largest absolute Gasteiger partial charge is 0.351 e. The van der Waals surface area contributed by atoms with Crippen molar-refractivity contribution in [2.24, 2.45) is 0 Å². The van der Waals surface area contributed by atoms with Crippen molar-refractivity contribution in [2.75, 3.05) is 0 Å². The number of thiophene rings is 1. The summed E-state index contributed by atoms with van der Waals surface area (Å²) in [5.74, 6) is -0.163. The number of aromatic nitrogens is 2. The quantitative estimate of drug-likeness (QED) is 0.546. The van der Waals surface area contributed by atoms with Crippen LogP contribution in [0.5, 0.6) is 0 Å². The molecule has 0 bridgehead atoms. The van der Waals surface area contributed by atoms with Crippen LogP contribution in [-0.4, -0.2) is 37.8 Å². The summed E-state index contributed by atoms with van der Waals surface area (Å²) in [6.45, 7) is 4.82. The maximum absolute atomic E-state index is 13.8. The van der Waals surface area contributed by atoms with Gasteiger partial charge in [-0.05, 0) is 50.5 Å². The maximum Gasteiger partial charge on any atom is 0.271 e. The van der Waals surface area contributed by atoms with Gasteiger partial charge in [-0.15, -0.1) is 11.3 Å². The summed E-state index contributed by atoms with van der Waals surface area (Å²) in [6.07, 6.45) is 9.49. The van der Waals surface area contributed by atoms with E-state index in [-0.39, 0.29) is 17.9 Å². The number of aryl methyl sites for hydroxylation is 1. The Morgan fingerprint density at radius 2 is 2.00 bits per heavy atom. The van der Waals surface area contributed by atoms with Crippen molar-refractivity contribution in [3.8, 4) is 0 Å². The Kier molecular flexibility index (Phi) is 5.99. The van der Waals surface area contributed by atoms with Gasteiger partial charge in [0.25, 0.3) is 5.91 Å². The van der Waals surface area contributed by atoms with E-state index in [1.807, 2.05) is 31.2 Å². The van der Waals surface area contributed by atoms with Gasteiger partial charge in [-0.1, -0.05) is 38.7 Å². The third kappa shape index (κ3) is 4.07. The highest BCUT2D eigenvalue weighted by Gasteiger charge is 2.48. The van der Waals surface area contributed by atoms with Crippen LogP contribution in [0.4, 0.5) is 0 Å².